The average Bonchev–Trinajstić information content (AvgIpc) is 1.78. The van der Waals surface area contributed by atoms with E-state index in [1.165, 1.54) is 0 Å². The molecule has 15 atom stereocenters. The molecule has 5 rings (SSSR count). The van der Waals surface area contributed by atoms with Crippen LogP contribution in [0.15, 0.2) is 45.4 Å². The minimum atomic E-state index is -1.30. The summed E-state index contributed by atoms with van der Waals surface area (Å²) in [5, 5.41) is 9.28. The molecule has 3 fully saturated rings. The van der Waals surface area contributed by atoms with Crippen LogP contribution in [-0.2, 0) is 68.7 Å². The molecule has 123 heavy (non-hydrogen) atoms. The van der Waals surface area contributed by atoms with E-state index in [9.17, 15) is 62.3 Å². The van der Waals surface area contributed by atoms with E-state index in [0.717, 1.165) is 91.5 Å². The number of thiol groups is 1. The smallest absolute Gasteiger partial charge is 0.185 e. The number of aldehydes is 6. The number of carbonyl (C=O) groups is 13. The Balaban J connectivity index is 0.000000598. The Hall–Kier alpha value is -6.84. The van der Waals surface area contributed by atoms with Gasteiger partial charge in [0.1, 0.15) is 43.5 Å². The maximum absolute atomic E-state index is 14.4. The fraction of sp³-hybridized carbons (Fsp3) is 0.711. The van der Waals surface area contributed by atoms with Gasteiger partial charge in [-0.25, -0.2) is 53.0 Å². The van der Waals surface area contributed by atoms with E-state index in [0.29, 0.717) is 140 Å². The first-order valence-corrected chi connectivity index (χ1v) is 47.6. The summed E-state index contributed by atoms with van der Waals surface area (Å²) in [6.07, 6.45) is 23.6. The number of aliphatic imine (C=N–C) groups is 3. The number of nitrogens with two attached hydrogens (primary N) is 8. The van der Waals surface area contributed by atoms with Gasteiger partial charge in [0.15, 0.2) is 52.6 Å². The summed E-state index contributed by atoms with van der Waals surface area (Å²) in [6, 6.07) is 1.21. The SMILES string of the molecule is CC(C)C(=O)[C@@H]1CCCN1N[C@@H](C=O)CCCN=C(N)N.CSCC[C@H](N)C(=O)CC(C)C(=O)[C@@H]1CCCN1N[C@@H](C=O)CCCN=C(N)N.CSCC[C@H](NN[C@@H](C=O)CC(C)C)C(=O)CC(C(=O)[C@@H](N)Cc1c[nH]c2ccccc12)C(=O)[C@@H]1CCCN1N[C@@H](C=O)CCCN=C(N)N.CSCC[C@H](NN[C@@H](C=O)CC(C)C)C(=O)CN[C@@H](C=O)CS. The summed E-state index contributed by atoms with van der Waals surface area (Å²) in [7, 11) is 0. The fourth-order valence-electron chi connectivity index (χ4n) is 14.2. The van der Waals surface area contributed by atoms with E-state index in [1.54, 1.807) is 47.2 Å². The Bertz CT molecular complexity index is 3570. The molecule has 2 unspecified atom stereocenters. The molecule has 0 aliphatic carbocycles. The van der Waals surface area contributed by atoms with Gasteiger partial charge < -0.3 is 84.9 Å². The van der Waals surface area contributed by atoms with Gasteiger partial charge in [0, 0.05) is 86.8 Å². The predicted molar refractivity (Wildman–Crippen MR) is 497 cm³/mol. The number of Topliss-reactive ketones (excluding diaryl/α,β-unsaturated/α-hetero) is 7. The summed E-state index contributed by atoms with van der Waals surface area (Å²) in [6.45, 7) is 17.0. The number of benzene rings is 1. The summed E-state index contributed by atoms with van der Waals surface area (Å²) >= 11 is 8.91. The molecule has 3 saturated heterocycles. The Labute approximate surface area is 745 Å². The molecule has 4 heterocycles. The Morgan fingerprint density at radius 3 is 1.31 bits per heavy atom. The Morgan fingerprint density at radius 2 is 0.911 bits per heavy atom. The second kappa shape index (κ2) is 64.8. The lowest BCUT2D eigenvalue weighted by atomic mass is 9.83. The number of para-hydroxylation sites is 1. The monoisotopic (exact) mass is 1800 g/mol. The summed E-state index contributed by atoms with van der Waals surface area (Å²) in [4.78, 5) is 175. The lowest BCUT2D eigenvalue weighted by molar-refractivity contribution is -0.140. The molecule has 0 radical (unpaired) electrons. The molecular formula is C83H147N23O13S4. The van der Waals surface area contributed by atoms with Crippen molar-refractivity contribution in [3.8, 4) is 0 Å². The van der Waals surface area contributed by atoms with E-state index in [2.05, 4.69) is 75.9 Å². The van der Waals surface area contributed by atoms with E-state index < -0.39 is 77.8 Å². The van der Waals surface area contributed by atoms with E-state index in [-0.39, 0.29) is 109 Å². The first kappa shape index (κ1) is 112. The standard InChI is InChI=1S/C35H55N9O5S.C19H36N6O3S.C15H29N3O3S2.C14H27N5O2/c1-22(2)16-25(21-46)41-42-30(12-15-50-3)32(47)18-27(33(48)28(36)17-23-19-40-29-10-5-4-9-26(23)29)34(49)31-11-7-14-44(31)43-24(20-45)8-6-13-39-35(37)38;1-13(11-17(27)15(20)7-10-29-2)18(28)16-6-4-9-25(16)24-14(12-26)5-3-8-23-19(21)22;1-11(2)6-12(8-19)17-18-14(4-5-23-3)15(21)7-16-13(9-20)10-22;1-10(2)13(21)12-6-4-8-19(12)18-11(9-20)5-3-7-17-14(15)16/h4-5,9-10,19-22,24-25,27-28,30-31,40-43H,6-8,11-18,36H2,1-3H3,(H4,37,38,39);12-16,24H,3-11,20H2,1-2H3,(H4,21,22,23);8-9,11-14,16-18,22H,4-7,10H2,1-3H3;9-12,18H,3-8H2,1-2H3,(H4,15,16,17)/t24-,25-,27?,28+,30+,31+;13?,14-,15+,16+;12-,13+,14+;11-,12+/m1111/s1. The van der Waals surface area contributed by atoms with Crippen LogP contribution >= 0.6 is 47.9 Å². The molecule has 0 spiro atoms. The molecule has 25 N–H and O–H groups in total. The van der Waals surface area contributed by atoms with Gasteiger partial charge in [-0.1, -0.05) is 66.7 Å². The van der Waals surface area contributed by atoms with Gasteiger partial charge in [0.05, 0.1) is 91.0 Å². The molecule has 36 nitrogen and oxygen atoms in total. The van der Waals surface area contributed by atoms with Crippen LogP contribution in [0.4, 0.5) is 0 Å². The molecule has 1 aromatic carbocycles. The number of nitrogens with one attached hydrogen (secondary N) is 9. The summed E-state index contributed by atoms with van der Waals surface area (Å²) in [5.74, 6) is 0.534. The van der Waals surface area contributed by atoms with Gasteiger partial charge in [-0.15, -0.1) is 0 Å². The fourth-order valence-corrected chi connectivity index (χ4v) is 15.8. The molecule has 3 aliphatic heterocycles. The van der Waals surface area contributed by atoms with Crippen molar-refractivity contribution in [3.63, 3.8) is 0 Å². The quantitative estimate of drug-likeness (QED) is 0.00843. The van der Waals surface area contributed by atoms with E-state index in [1.807, 2.05) is 101 Å². The highest BCUT2D eigenvalue weighted by atomic mass is 32.2. The first-order chi connectivity index (χ1) is 58.7. The molecule has 0 amide bonds. The van der Waals surface area contributed by atoms with Crippen LogP contribution in [0, 0.1) is 29.6 Å². The van der Waals surface area contributed by atoms with Gasteiger partial charge in [0.25, 0.3) is 0 Å². The number of nitrogens with zero attached hydrogens (tertiary/aromatic N) is 6. The minimum Gasteiger partial charge on any atom is -0.370 e. The predicted octanol–water partition coefficient (Wildman–Crippen LogP) is 1.27. The third-order valence-electron chi connectivity index (χ3n) is 20.9. The van der Waals surface area contributed by atoms with Crippen molar-refractivity contribution < 1.29 is 62.3 Å². The van der Waals surface area contributed by atoms with E-state index >= 15 is 0 Å². The molecule has 40 heteroatoms. The highest BCUT2D eigenvalue weighted by molar-refractivity contribution is 7.99. The van der Waals surface area contributed by atoms with Crippen LogP contribution in [0.25, 0.3) is 10.9 Å². The summed E-state index contributed by atoms with van der Waals surface area (Å²) in [5.41, 5.74) is 67.6. The van der Waals surface area contributed by atoms with Gasteiger partial charge in [-0.05, 0) is 175 Å². The number of thioether (sulfide) groups is 3. The number of ketones is 7. The Kier molecular flexibility index (Phi) is 59.1. The molecular weight excluding hydrogens is 1660 g/mol. The molecule has 2 aromatic rings. The number of hydrogen-bond acceptors (Lipinski definition) is 33. The van der Waals surface area contributed by atoms with Crippen molar-refractivity contribution in [2.75, 3.05) is 87.6 Å². The van der Waals surface area contributed by atoms with Crippen molar-refractivity contribution in [3.05, 3.63) is 36.0 Å². The van der Waals surface area contributed by atoms with Gasteiger partial charge >= 0.3 is 0 Å². The van der Waals surface area contributed by atoms with Crippen molar-refractivity contribution in [2.45, 2.75) is 255 Å². The van der Waals surface area contributed by atoms with Crippen LogP contribution < -0.4 is 89.2 Å². The number of hydrazine groups is 5. The normalized spacial score (nSPS) is 18.4. The Morgan fingerprint density at radius 1 is 0.504 bits per heavy atom. The topological polar surface area (TPSA) is 589 Å². The van der Waals surface area contributed by atoms with E-state index in [4.69, 9.17) is 45.9 Å². The minimum absolute atomic E-state index is 0.00828. The number of H-pyrrole nitrogens is 1. The van der Waals surface area contributed by atoms with Gasteiger partial charge in [0.2, 0.25) is 0 Å². The number of fused-ring (bicyclic) bond motifs is 1. The van der Waals surface area contributed by atoms with Crippen LogP contribution in [0.5, 0.6) is 0 Å². The second-order valence-corrected chi connectivity index (χ2v) is 35.7. The average molecular weight is 1800 g/mol. The third kappa shape index (κ3) is 44.9. The van der Waals surface area contributed by atoms with Gasteiger partial charge in [-0.3, -0.25) is 48.5 Å². The largest absolute Gasteiger partial charge is 0.370 e. The zero-order valence-electron chi connectivity index (χ0n) is 73.9. The lowest BCUT2D eigenvalue weighted by Crippen LogP contribution is -2.55. The van der Waals surface area contributed by atoms with Crippen LogP contribution in [0.2, 0.25) is 0 Å². The zero-order valence-corrected chi connectivity index (χ0v) is 77.3. The highest BCUT2D eigenvalue weighted by Gasteiger charge is 2.43. The molecule has 0 bridgehead atoms. The zero-order chi connectivity index (χ0) is 91.9. The number of hydrogen-bond donors (Lipinski definition) is 18. The number of rotatable bonds is 64. The molecule has 1 aromatic heterocycles. The van der Waals surface area contributed by atoms with Crippen LogP contribution in [0.3, 0.4) is 0 Å². The third-order valence-corrected chi connectivity index (χ3v) is 23.2. The van der Waals surface area contributed by atoms with Crippen LogP contribution in [-0.4, -0.2) is 282 Å². The van der Waals surface area contributed by atoms with Crippen molar-refractivity contribution in [2.24, 2.45) is 90.4 Å². The van der Waals surface area contributed by atoms with Crippen molar-refractivity contribution in [1.82, 2.24) is 63.3 Å². The first-order valence-electron chi connectivity index (χ1n) is 42.8. The maximum atomic E-state index is 14.4. The number of aromatic amines is 1. The van der Waals surface area contributed by atoms with Crippen molar-refractivity contribution >= 4 is 155 Å². The van der Waals surface area contributed by atoms with Crippen LogP contribution in [0.1, 0.15) is 176 Å². The number of carbonyl (C=O) groups excluding carboxylic acids is 13. The second-order valence-electron chi connectivity index (χ2n) is 32.4. The molecule has 696 valence electrons. The number of guanidine groups is 3. The molecule has 3 aliphatic rings. The summed E-state index contributed by atoms with van der Waals surface area (Å²) < 4.78 is 0. The number of aromatic nitrogens is 1. The maximum Gasteiger partial charge on any atom is 0.185 e. The van der Waals surface area contributed by atoms with Gasteiger partial charge in [-0.2, -0.15) is 47.9 Å². The molecule has 0 saturated carbocycles. The lowest BCUT2D eigenvalue weighted by Gasteiger charge is -2.30. The van der Waals surface area contributed by atoms with Crippen molar-refractivity contribution in [1.29, 1.82) is 0 Å². The highest BCUT2D eigenvalue weighted by Crippen LogP contribution is 2.28.